The molecule has 1 aliphatic rings. The molecule has 3 aromatic heterocycles. The number of fused-ring (bicyclic) bond motifs is 3. The number of hydrogen-bond acceptors (Lipinski definition) is 8. The average Bonchev–Trinajstić information content (AvgIpc) is 3.68. The number of amides is 1. The molecule has 0 aliphatic carbocycles. The van der Waals surface area contributed by atoms with Crippen LogP contribution in [0.5, 0.6) is 0 Å². The molecule has 0 radical (unpaired) electrons. The number of anilines is 1. The van der Waals surface area contributed by atoms with Crippen LogP contribution in [0.2, 0.25) is 0 Å². The van der Waals surface area contributed by atoms with E-state index in [0.29, 0.717) is 29.0 Å². The molecule has 2 aromatic carbocycles. The molecule has 12 heteroatoms. The lowest BCUT2D eigenvalue weighted by Gasteiger charge is -2.22. The van der Waals surface area contributed by atoms with Crippen molar-refractivity contribution in [2.45, 2.75) is 51.2 Å². The number of ether oxygens (including phenoxy) is 1. The van der Waals surface area contributed by atoms with Crippen molar-refractivity contribution < 1.29 is 22.7 Å². The smallest absolute Gasteiger partial charge is 0.302 e. The van der Waals surface area contributed by atoms with Crippen LogP contribution in [0.15, 0.2) is 71.9 Å². The van der Waals surface area contributed by atoms with Crippen molar-refractivity contribution in [1.29, 1.82) is 0 Å². The first-order valence-electron chi connectivity index (χ1n) is 14.1. The van der Waals surface area contributed by atoms with Crippen LogP contribution < -0.4 is 5.32 Å². The number of aryl methyl sites for hydroxylation is 1. The Bertz CT molecular complexity index is 1960. The number of nitrogens with one attached hydrogen (secondary N) is 1. The van der Waals surface area contributed by atoms with Crippen molar-refractivity contribution in [3.8, 4) is 11.3 Å². The zero-order chi connectivity index (χ0) is 30.5. The standard InChI is InChI=1S/C31H32N6O5S/c1-5-32-23-10-8-22(9-11-23)29-28-17-33-30-26(14-15-36(30)43(40,41)25-12-6-19(2)7-13-25)37(28)31(34-29)27-16-24(42-21(4)39)18-35(27)20(3)38/h6-15,17,24,27,32H,5,16,18H2,1-4H3/t24-,27-/m1/s1. The molecular weight excluding hydrogens is 568 g/mol. The summed E-state index contributed by atoms with van der Waals surface area (Å²) in [4.78, 5) is 36.1. The molecule has 1 N–H and O–H groups in total. The topological polar surface area (TPSA) is 128 Å². The number of carbonyl (C=O) groups is 2. The second-order valence-corrected chi connectivity index (χ2v) is 12.5. The number of benzene rings is 2. The predicted octanol–water partition coefficient (Wildman–Crippen LogP) is 4.55. The molecule has 4 heterocycles. The molecule has 5 aromatic rings. The highest BCUT2D eigenvalue weighted by molar-refractivity contribution is 7.90. The van der Waals surface area contributed by atoms with Gasteiger partial charge in [0.2, 0.25) is 5.91 Å². The van der Waals surface area contributed by atoms with E-state index in [9.17, 15) is 18.0 Å². The zero-order valence-electron chi connectivity index (χ0n) is 24.3. The first-order valence-corrected chi connectivity index (χ1v) is 15.5. The number of likely N-dealkylation sites (tertiary alicyclic amines) is 1. The Labute approximate surface area is 249 Å². The fourth-order valence-corrected chi connectivity index (χ4v) is 7.05. The second-order valence-electron chi connectivity index (χ2n) is 10.7. The van der Waals surface area contributed by atoms with E-state index >= 15 is 0 Å². The Hall–Kier alpha value is -4.71. The number of nitrogens with zero attached hydrogens (tertiary/aromatic N) is 5. The van der Waals surface area contributed by atoms with Crippen molar-refractivity contribution in [1.82, 2.24) is 23.2 Å². The van der Waals surface area contributed by atoms with E-state index in [4.69, 9.17) is 9.72 Å². The van der Waals surface area contributed by atoms with Gasteiger partial charge in [0, 0.05) is 44.3 Å². The Kier molecular flexibility index (Phi) is 7.17. The number of carbonyl (C=O) groups excluding carboxylic acids is 2. The monoisotopic (exact) mass is 600 g/mol. The highest BCUT2D eigenvalue weighted by Gasteiger charge is 2.40. The van der Waals surface area contributed by atoms with Gasteiger partial charge in [-0.2, -0.15) is 0 Å². The summed E-state index contributed by atoms with van der Waals surface area (Å²) in [5.74, 6) is -0.0742. The number of imidazole rings is 1. The van der Waals surface area contributed by atoms with Gasteiger partial charge in [-0.25, -0.2) is 22.4 Å². The van der Waals surface area contributed by atoms with Gasteiger partial charge in [-0.15, -0.1) is 0 Å². The van der Waals surface area contributed by atoms with Gasteiger partial charge in [0.1, 0.15) is 11.9 Å². The molecule has 1 aliphatic heterocycles. The van der Waals surface area contributed by atoms with E-state index in [2.05, 4.69) is 10.3 Å². The molecule has 1 amide bonds. The molecule has 0 spiro atoms. The van der Waals surface area contributed by atoms with Crippen molar-refractivity contribution in [3.63, 3.8) is 0 Å². The summed E-state index contributed by atoms with van der Waals surface area (Å²) in [5.41, 5.74) is 4.79. The summed E-state index contributed by atoms with van der Waals surface area (Å²) in [6.07, 6.45) is 2.96. The largest absolute Gasteiger partial charge is 0.461 e. The van der Waals surface area contributed by atoms with Gasteiger partial charge in [0.15, 0.2) is 5.65 Å². The Morgan fingerprint density at radius 3 is 2.40 bits per heavy atom. The summed E-state index contributed by atoms with van der Waals surface area (Å²) in [6, 6.07) is 15.7. The van der Waals surface area contributed by atoms with Crippen LogP contribution in [0, 0.1) is 6.92 Å². The van der Waals surface area contributed by atoms with Crippen LogP contribution in [0.4, 0.5) is 5.69 Å². The molecule has 11 nitrogen and oxygen atoms in total. The second kappa shape index (κ2) is 10.8. The maximum Gasteiger partial charge on any atom is 0.302 e. The molecule has 0 unspecified atom stereocenters. The van der Waals surface area contributed by atoms with Gasteiger partial charge in [0.05, 0.1) is 40.4 Å². The molecule has 2 atom stereocenters. The third kappa shape index (κ3) is 5.01. The van der Waals surface area contributed by atoms with E-state index in [-0.39, 0.29) is 23.0 Å². The lowest BCUT2D eigenvalue weighted by atomic mass is 10.1. The van der Waals surface area contributed by atoms with Gasteiger partial charge >= 0.3 is 5.97 Å². The molecule has 1 fully saturated rings. The van der Waals surface area contributed by atoms with Gasteiger partial charge in [-0.1, -0.05) is 29.8 Å². The number of esters is 1. The van der Waals surface area contributed by atoms with Crippen LogP contribution in [-0.2, 0) is 24.3 Å². The van der Waals surface area contributed by atoms with Gasteiger partial charge in [-0.3, -0.25) is 14.0 Å². The first-order chi connectivity index (χ1) is 20.6. The predicted molar refractivity (Wildman–Crippen MR) is 162 cm³/mol. The molecule has 0 bridgehead atoms. The van der Waals surface area contributed by atoms with E-state index < -0.39 is 28.1 Å². The van der Waals surface area contributed by atoms with Crippen LogP contribution in [-0.4, -0.2) is 62.7 Å². The van der Waals surface area contributed by atoms with E-state index in [1.54, 1.807) is 41.4 Å². The molecule has 222 valence electrons. The van der Waals surface area contributed by atoms with E-state index in [1.807, 2.05) is 42.5 Å². The fourth-order valence-electron chi connectivity index (χ4n) is 5.75. The summed E-state index contributed by atoms with van der Waals surface area (Å²) >= 11 is 0. The molecule has 0 saturated carbocycles. The van der Waals surface area contributed by atoms with Gasteiger partial charge in [0.25, 0.3) is 10.0 Å². The molecule has 1 saturated heterocycles. The van der Waals surface area contributed by atoms with E-state index in [1.165, 1.54) is 24.0 Å². The summed E-state index contributed by atoms with van der Waals surface area (Å²) < 4.78 is 35.9. The van der Waals surface area contributed by atoms with Crippen LogP contribution >= 0.6 is 0 Å². The summed E-state index contributed by atoms with van der Waals surface area (Å²) in [7, 11) is -3.95. The molecule has 43 heavy (non-hydrogen) atoms. The number of rotatable bonds is 7. The van der Waals surface area contributed by atoms with Gasteiger partial charge in [-0.05, 0) is 44.2 Å². The quantitative estimate of drug-likeness (QED) is 0.270. The minimum Gasteiger partial charge on any atom is -0.461 e. The summed E-state index contributed by atoms with van der Waals surface area (Å²) in [5, 5.41) is 3.29. The lowest BCUT2D eigenvalue weighted by Crippen LogP contribution is -2.31. The Morgan fingerprint density at radius 1 is 1.02 bits per heavy atom. The number of hydrogen-bond donors (Lipinski definition) is 1. The minimum atomic E-state index is -3.95. The molecule has 6 rings (SSSR count). The number of aromatic nitrogens is 4. The third-order valence-electron chi connectivity index (χ3n) is 7.71. The fraction of sp³-hybridized carbons (Fsp3) is 0.290. The molecular formula is C31H32N6O5S. The van der Waals surface area contributed by atoms with Crippen LogP contribution in [0.1, 0.15) is 44.6 Å². The Balaban J connectivity index is 1.57. The third-order valence-corrected chi connectivity index (χ3v) is 9.39. The average molecular weight is 601 g/mol. The van der Waals surface area contributed by atoms with Crippen LogP contribution in [0.3, 0.4) is 0 Å². The van der Waals surface area contributed by atoms with Crippen molar-refractivity contribution >= 4 is 44.3 Å². The highest BCUT2D eigenvalue weighted by atomic mass is 32.2. The Morgan fingerprint density at radius 2 is 1.74 bits per heavy atom. The maximum atomic E-state index is 13.7. The maximum absolute atomic E-state index is 13.7. The van der Waals surface area contributed by atoms with Crippen LogP contribution in [0.25, 0.3) is 27.9 Å². The normalized spacial score (nSPS) is 17.1. The highest BCUT2D eigenvalue weighted by Crippen LogP contribution is 2.38. The van der Waals surface area contributed by atoms with Gasteiger partial charge < -0.3 is 15.0 Å². The first kappa shape index (κ1) is 28.4. The zero-order valence-corrected chi connectivity index (χ0v) is 25.1. The summed E-state index contributed by atoms with van der Waals surface area (Å²) in [6.45, 7) is 7.76. The van der Waals surface area contributed by atoms with Crippen molar-refractivity contribution in [2.24, 2.45) is 0 Å². The minimum absolute atomic E-state index is 0.146. The van der Waals surface area contributed by atoms with Crippen molar-refractivity contribution in [2.75, 3.05) is 18.4 Å². The lowest BCUT2D eigenvalue weighted by molar-refractivity contribution is -0.146. The van der Waals surface area contributed by atoms with Crippen molar-refractivity contribution in [3.05, 3.63) is 78.4 Å². The van der Waals surface area contributed by atoms with E-state index in [0.717, 1.165) is 23.4 Å². The SMILES string of the molecule is CCNc1ccc(-c2nc([C@H]3C[C@@H](OC(C)=O)CN3C(C)=O)n3c2cnc2c3ccn2S(=O)(=O)c2ccc(C)cc2)cc1.